The van der Waals surface area contributed by atoms with E-state index < -0.39 is 0 Å². The number of hydrogen-bond donors (Lipinski definition) is 0. The Bertz CT molecular complexity index is 13.5. The van der Waals surface area contributed by atoms with E-state index in [0.717, 1.165) is 0 Å². The number of rotatable bonds is 0. The summed E-state index contributed by atoms with van der Waals surface area (Å²) >= 11 is 0. The Labute approximate surface area is 87.6 Å². The fourth-order valence-electron chi connectivity index (χ4n) is 0. The molecule has 0 saturated heterocycles. The standard InChI is InChI=1S/Al.Mg.Zn.Zr.5H/q;+2;;;;;;2*-1. The fourth-order valence-corrected chi connectivity index (χ4v) is 0. The van der Waals surface area contributed by atoms with Gasteiger partial charge in [0.1, 0.15) is 0 Å². The van der Waals surface area contributed by atoms with E-state index in [0.29, 0.717) is 0 Å². The van der Waals surface area contributed by atoms with Gasteiger partial charge in [-0.05, 0) is 0 Å². The first-order chi connectivity index (χ1) is 0. The van der Waals surface area contributed by atoms with Gasteiger partial charge < -0.3 is 2.85 Å². The zero-order valence-corrected chi connectivity index (χ0v) is 8.75. The first kappa shape index (κ1) is 29.1. The molecule has 0 nitrogen and oxygen atoms in total. The van der Waals surface area contributed by atoms with Gasteiger partial charge in [-0.2, -0.15) is 0 Å². The molecule has 0 amide bonds. The maximum absolute atomic E-state index is 0. The third-order valence-electron chi connectivity index (χ3n) is 0. The third-order valence-corrected chi connectivity index (χ3v) is 0. The molecule has 0 aliphatic heterocycles. The van der Waals surface area contributed by atoms with Crippen LogP contribution in [0.3, 0.4) is 0 Å². The summed E-state index contributed by atoms with van der Waals surface area (Å²) < 4.78 is 0. The van der Waals surface area contributed by atoms with Gasteiger partial charge in [0.25, 0.3) is 0 Å². The predicted octanol–water partition coefficient (Wildman–Crippen LogP) is -1.34. The van der Waals surface area contributed by atoms with Gasteiger partial charge in [-0.15, -0.1) is 0 Å². The van der Waals surface area contributed by atoms with Crippen LogP contribution >= 0.6 is 0 Å². The van der Waals surface area contributed by atoms with Crippen LogP contribution in [0.5, 0.6) is 0 Å². The Balaban J connectivity index is 0. The van der Waals surface area contributed by atoms with Gasteiger partial charge >= 0.3 is 23.1 Å². The molecule has 16 valence electrons. The molecule has 0 N–H and O–H groups in total. The molecule has 0 rings (SSSR count). The topological polar surface area (TPSA) is 0 Å². The van der Waals surface area contributed by atoms with Crippen molar-refractivity contribution in [3.05, 3.63) is 0 Å². The van der Waals surface area contributed by atoms with Gasteiger partial charge in [0, 0.05) is 45.7 Å². The molecule has 0 aromatic heterocycles. The first-order valence-electron chi connectivity index (χ1n) is 0. The Morgan fingerprint density at radius 2 is 1.25 bits per heavy atom. The van der Waals surface area contributed by atoms with Crippen LogP contribution in [0.2, 0.25) is 0 Å². The molecule has 0 atom stereocenters. The molecule has 0 aromatic carbocycles. The van der Waals surface area contributed by atoms with Crippen molar-refractivity contribution in [2.45, 2.75) is 0 Å². The predicted molar refractivity (Wildman–Crippen MR) is 17.9 cm³/mol. The summed E-state index contributed by atoms with van der Waals surface area (Å²) in [6.07, 6.45) is 0. The summed E-state index contributed by atoms with van der Waals surface area (Å²) in [4.78, 5) is 0. The molecule has 0 unspecified atom stereocenters. The van der Waals surface area contributed by atoms with E-state index in [1.165, 1.54) is 0 Å². The second-order valence-corrected chi connectivity index (χ2v) is 0. The van der Waals surface area contributed by atoms with E-state index in [2.05, 4.69) is 0 Å². The van der Waals surface area contributed by atoms with Gasteiger partial charge in [-0.25, -0.2) is 0 Å². The molecular formula is H5AlMgZnZr. The zero-order chi connectivity index (χ0) is 0. The summed E-state index contributed by atoms with van der Waals surface area (Å²) in [5, 5.41) is 0. The van der Waals surface area contributed by atoms with Gasteiger partial charge in [-0.3, -0.25) is 0 Å². The molecule has 0 saturated carbocycles. The third kappa shape index (κ3) is 8.84. The SMILES string of the molecule is [AlH3].[H-].[H-].[Mg+2].[Zn].[Zr]. The normalized spacial score (nSPS) is 0. The molecule has 4 heavy (non-hydrogen) atoms. The van der Waals surface area contributed by atoms with Crippen LogP contribution in [0.15, 0.2) is 0 Å². The second kappa shape index (κ2) is 17.0. The smallest absolute Gasteiger partial charge is 1.00 e. The van der Waals surface area contributed by atoms with Crippen LogP contribution in [0, 0.1) is 0 Å². The van der Waals surface area contributed by atoms with Crippen LogP contribution in [-0.4, -0.2) is 40.4 Å². The Kier molecular flexibility index (Phi) is 124. The van der Waals surface area contributed by atoms with Crippen LogP contribution in [0.4, 0.5) is 0 Å². The monoisotopic (exact) mass is 210 g/mol. The van der Waals surface area contributed by atoms with Crippen molar-refractivity contribution in [2.24, 2.45) is 0 Å². The second-order valence-electron chi connectivity index (χ2n) is 0. The molecule has 0 spiro atoms. The van der Waals surface area contributed by atoms with E-state index in [4.69, 9.17) is 0 Å². The Morgan fingerprint density at radius 3 is 1.25 bits per heavy atom. The number of hydrogen-bond acceptors (Lipinski definition) is 0. The van der Waals surface area contributed by atoms with Crippen LogP contribution in [0.25, 0.3) is 0 Å². The molecule has 0 aromatic rings. The van der Waals surface area contributed by atoms with Gasteiger partial charge in [0.2, 0.25) is 0 Å². The molecule has 0 aliphatic carbocycles. The van der Waals surface area contributed by atoms with Crippen molar-refractivity contribution < 1.29 is 48.5 Å². The molecule has 0 bridgehead atoms. The van der Waals surface area contributed by atoms with Crippen molar-refractivity contribution in [1.29, 1.82) is 0 Å². The van der Waals surface area contributed by atoms with E-state index in [9.17, 15) is 0 Å². The van der Waals surface area contributed by atoms with Crippen molar-refractivity contribution in [1.82, 2.24) is 0 Å². The van der Waals surface area contributed by atoms with Crippen LogP contribution < -0.4 is 0 Å². The van der Waals surface area contributed by atoms with Gasteiger partial charge in [-0.1, -0.05) is 0 Å². The van der Waals surface area contributed by atoms with Crippen molar-refractivity contribution in [2.75, 3.05) is 0 Å². The quantitative estimate of drug-likeness (QED) is 0.436. The summed E-state index contributed by atoms with van der Waals surface area (Å²) in [5.74, 6) is 0. The van der Waals surface area contributed by atoms with Crippen molar-refractivity contribution >= 4 is 40.4 Å². The molecule has 0 fully saturated rings. The average molecular weight is 213 g/mol. The Hall–Kier alpha value is 2.81. The summed E-state index contributed by atoms with van der Waals surface area (Å²) in [6, 6.07) is 0. The van der Waals surface area contributed by atoms with Crippen molar-refractivity contribution in [3.8, 4) is 0 Å². The van der Waals surface area contributed by atoms with Crippen LogP contribution in [0.1, 0.15) is 2.85 Å². The van der Waals surface area contributed by atoms with E-state index in [1.54, 1.807) is 0 Å². The van der Waals surface area contributed by atoms with Crippen LogP contribution in [-0.2, 0) is 45.7 Å². The zero-order valence-electron chi connectivity index (χ0n) is 3.91. The molecular weight excluding hydrogens is 208 g/mol. The summed E-state index contributed by atoms with van der Waals surface area (Å²) in [7, 11) is 0. The Morgan fingerprint density at radius 1 is 1.25 bits per heavy atom. The minimum atomic E-state index is 0. The first-order valence-corrected chi connectivity index (χ1v) is 0. The molecule has 0 aliphatic rings. The molecule has 0 heterocycles. The fraction of sp³-hybridized carbons (Fsp3) is 0. The van der Waals surface area contributed by atoms with Crippen molar-refractivity contribution in [3.63, 3.8) is 0 Å². The molecule has 4 heteroatoms. The van der Waals surface area contributed by atoms with E-state index in [-0.39, 0.29) is 88.9 Å². The maximum Gasteiger partial charge on any atom is 2.00 e. The van der Waals surface area contributed by atoms with E-state index >= 15 is 0 Å². The summed E-state index contributed by atoms with van der Waals surface area (Å²) in [6.45, 7) is 0. The van der Waals surface area contributed by atoms with Gasteiger partial charge in [0.15, 0.2) is 17.4 Å². The van der Waals surface area contributed by atoms with Gasteiger partial charge in [0.05, 0.1) is 0 Å². The minimum Gasteiger partial charge on any atom is -1.00 e. The minimum absolute atomic E-state index is 0. The summed E-state index contributed by atoms with van der Waals surface area (Å²) in [5.41, 5.74) is 0. The average Bonchev–Trinajstić information content (AvgIpc) is 0. The largest absolute Gasteiger partial charge is 2.00 e. The van der Waals surface area contributed by atoms with E-state index in [1.807, 2.05) is 0 Å². The maximum atomic E-state index is 0. The molecule has 0 radical (unpaired) electrons.